The first-order valence-corrected chi connectivity index (χ1v) is 7.70. The number of fused-ring (bicyclic) bond motifs is 1. The Hall–Kier alpha value is -1.59. The van der Waals surface area contributed by atoms with E-state index in [2.05, 4.69) is 0 Å². The van der Waals surface area contributed by atoms with E-state index in [9.17, 15) is 4.79 Å². The molecule has 0 saturated carbocycles. The molecular weight excluding hydrogens is 282 g/mol. The Labute approximate surface area is 131 Å². The second-order valence-corrected chi connectivity index (χ2v) is 6.22. The quantitative estimate of drug-likeness (QED) is 0.833. The lowest BCUT2D eigenvalue weighted by atomic mass is 9.85. The molecule has 2 aliphatic rings. The monoisotopic (exact) mass is 305 g/mol. The van der Waals surface area contributed by atoms with Crippen LogP contribution in [-0.2, 0) is 15.9 Å². The molecule has 3 rings (SSSR count). The summed E-state index contributed by atoms with van der Waals surface area (Å²) in [6.45, 7) is 3.72. The van der Waals surface area contributed by atoms with Gasteiger partial charge in [-0.05, 0) is 25.0 Å². The van der Waals surface area contributed by atoms with Gasteiger partial charge in [-0.1, -0.05) is 12.1 Å². The highest BCUT2D eigenvalue weighted by Gasteiger charge is 2.48. The summed E-state index contributed by atoms with van der Waals surface area (Å²) in [6, 6.07) is 5.81. The van der Waals surface area contributed by atoms with Crippen LogP contribution in [0.3, 0.4) is 0 Å². The normalized spacial score (nSPS) is 22.0. The van der Waals surface area contributed by atoms with Crippen molar-refractivity contribution in [3.63, 3.8) is 0 Å². The van der Waals surface area contributed by atoms with Crippen molar-refractivity contribution in [2.24, 2.45) is 0 Å². The van der Waals surface area contributed by atoms with Crippen molar-refractivity contribution >= 4 is 5.91 Å². The van der Waals surface area contributed by atoms with Gasteiger partial charge in [0, 0.05) is 27.2 Å². The van der Waals surface area contributed by atoms with E-state index >= 15 is 0 Å². The van der Waals surface area contributed by atoms with Crippen molar-refractivity contribution in [2.45, 2.75) is 31.4 Å². The lowest BCUT2D eigenvalue weighted by Gasteiger charge is -2.52. The Bertz CT molecular complexity index is 566. The van der Waals surface area contributed by atoms with Gasteiger partial charge in [0.2, 0.25) is 0 Å². The van der Waals surface area contributed by atoms with Gasteiger partial charge in [-0.2, -0.15) is 0 Å². The molecule has 1 unspecified atom stereocenters. The van der Waals surface area contributed by atoms with Crippen LogP contribution in [0.5, 0.6) is 5.75 Å². The number of para-hydroxylation sites is 1. The highest BCUT2D eigenvalue weighted by Crippen LogP contribution is 2.38. The number of carbonyl (C=O) groups is 1. The van der Waals surface area contributed by atoms with Crippen LogP contribution >= 0.6 is 0 Å². The highest BCUT2D eigenvalue weighted by molar-refractivity contribution is 5.98. The third kappa shape index (κ3) is 2.38. The molecule has 0 bridgehead atoms. The second kappa shape index (κ2) is 5.89. The standard InChI is InChI=1S/C17H23NO4/c1-12-9-13-5-4-6-14(15(13)22-12)16(19)18-8-7-17(18,10-20-2)11-21-3/h4-6,12H,7-11H2,1-3H3. The van der Waals surface area contributed by atoms with Crippen LogP contribution in [0.15, 0.2) is 18.2 Å². The third-order valence-electron chi connectivity index (χ3n) is 4.60. The topological polar surface area (TPSA) is 48.0 Å². The summed E-state index contributed by atoms with van der Waals surface area (Å²) in [6.07, 6.45) is 1.88. The minimum Gasteiger partial charge on any atom is -0.489 e. The van der Waals surface area contributed by atoms with Crippen LogP contribution in [0.1, 0.15) is 29.3 Å². The Morgan fingerprint density at radius 3 is 2.68 bits per heavy atom. The molecule has 0 spiro atoms. The van der Waals surface area contributed by atoms with E-state index in [1.165, 1.54) is 0 Å². The van der Waals surface area contributed by atoms with Gasteiger partial charge in [0.05, 0.1) is 24.3 Å². The summed E-state index contributed by atoms with van der Waals surface area (Å²) in [5.74, 6) is 0.752. The number of methoxy groups -OCH3 is 2. The number of carbonyl (C=O) groups excluding carboxylic acids is 1. The molecule has 0 radical (unpaired) electrons. The molecule has 1 amide bonds. The Kier molecular flexibility index (Phi) is 4.10. The molecule has 1 saturated heterocycles. The summed E-state index contributed by atoms with van der Waals surface area (Å²) in [5.41, 5.74) is 1.41. The summed E-state index contributed by atoms with van der Waals surface area (Å²) < 4.78 is 16.5. The lowest BCUT2D eigenvalue weighted by Crippen LogP contribution is -2.66. The molecule has 5 heteroatoms. The maximum absolute atomic E-state index is 13.0. The van der Waals surface area contributed by atoms with E-state index in [0.717, 1.165) is 30.7 Å². The predicted molar refractivity (Wildman–Crippen MR) is 82.4 cm³/mol. The fraction of sp³-hybridized carbons (Fsp3) is 0.588. The van der Waals surface area contributed by atoms with Crippen molar-refractivity contribution in [3.05, 3.63) is 29.3 Å². The van der Waals surface area contributed by atoms with Crippen LogP contribution in [0.4, 0.5) is 0 Å². The van der Waals surface area contributed by atoms with Gasteiger partial charge in [0.1, 0.15) is 11.9 Å². The van der Waals surface area contributed by atoms with Crippen molar-refractivity contribution in [1.29, 1.82) is 0 Å². The van der Waals surface area contributed by atoms with E-state index < -0.39 is 0 Å². The van der Waals surface area contributed by atoms with Crippen molar-refractivity contribution in [2.75, 3.05) is 34.0 Å². The zero-order valence-electron chi connectivity index (χ0n) is 13.4. The summed E-state index contributed by atoms with van der Waals surface area (Å²) >= 11 is 0. The first kappa shape index (κ1) is 15.3. The Balaban J connectivity index is 1.87. The van der Waals surface area contributed by atoms with Crippen molar-refractivity contribution in [1.82, 2.24) is 4.90 Å². The van der Waals surface area contributed by atoms with E-state index in [1.54, 1.807) is 14.2 Å². The number of hydrogen-bond acceptors (Lipinski definition) is 4. The first-order valence-electron chi connectivity index (χ1n) is 7.70. The molecule has 2 heterocycles. The van der Waals surface area contributed by atoms with Gasteiger partial charge >= 0.3 is 0 Å². The van der Waals surface area contributed by atoms with Crippen molar-refractivity contribution < 1.29 is 19.0 Å². The zero-order valence-corrected chi connectivity index (χ0v) is 13.4. The summed E-state index contributed by atoms with van der Waals surface area (Å²) in [7, 11) is 3.31. The van der Waals surface area contributed by atoms with Gasteiger partial charge in [0.15, 0.2) is 0 Å². The van der Waals surface area contributed by atoms with Gasteiger partial charge in [-0.3, -0.25) is 4.79 Å². The summed E-state index contributed by atoms with van der Waals surface area (Å²) in [4.78, 5) is 14.9. The number of hydrogen-bond donors (Lipinski definition) is 0. The predicted octanol–water partition coefficient (Wildman–Crippen LogP) is 1.89. The largest absolute Gasteiger partial charge is 0.489 e. The second-order valence-electron chi connectivity index (χ2n) is 6.22. The molecule has 0 aliphatic carbocycles. The smallest absolute Gasteiger partial charge is 0.258 e. The number of nitrogens with zero attached hydrogens (tertiary/aromatic N) is 1. The number of rotatable bonds is 5. The van der Waals surface area contributed by atoms with Crippen LogP contribution in [-0.4, -0.2) is 56.4 Å². The van der Waals surface area contributed by atoms with Crippen LogP contribution in [0.2, 0.25) is 0 Å². The van der Waals surface area contributed by atoms with E-state index in [-0.39, 0.29) is 17.6 Å². The van der Waals surface area contributed by atoms with E-state index in [0.29, 0.717) is 18.8 Å². The molecule has 5 nitrogen and oxygen atoms in total. The molecule has 0 aromatic heterocycles. The van der Waals surface area contributed by atoms with Crippen molar-refractivity contribution in [3.8, 4) is 5.75 Å². The Morgan fingerprint density at radius 1 is 1.36 bits per heavy atom. The minimum atomic E-state index is -0.354. The number of benzene rings is 1. The number of amides is 1. The highest BCUT2D eigenvalue weighted by atomic mass is 16.5. The van der Waals surface area contributed by atoms with Gasteiger partial charge < -0.3 is 19.1 Å². The maximum atomic E-state index is 13.0. The average Bonchev–Trinajstić information content (AvgIpc) is 2.85. The molecule has 2 aliphatic heterocycles. The average molecular weight is 305 g/mol. The van der Waals surface area contributed by atoms with Crippen LogP contribution < -0.4 is 4.74 Å². The van der Waals surface area contributed by atoms with Crippen LogP contribution in [0.25, 0.3) is 0 Å². The maximum Gasteiger partial charge on any atom is 0.258 e. The molecular formula is C17H23NO4. The molecule has 22 heavy (non-hydrogen) atoms. The molecule has 1 atom stereocenters. The molecule has 120 valence electrons. The molecule has 1 aromatic rings. The molecule has 1 fully saturated rings. The third-order valence-corrected chi connectivity index (χ3v) is 4.60. The summed E-state index contributed by atoms with van der Waals surface area (Å²) in [5, 5.41) is 0. The number of likely N-dealkylation sites (tertiary alicyclic amines) is 1. The Morgan fingerprint density at radius 2 is 2.09 bits per heavy atom. The fourth-order valence-electron chi connectivity index (χ4n) is 3.49. The minimum absolute atomic E-state index is 0.00583. The van der Waals surface area contributed by atoms with Gasteiger partial charge in [-0.25, -0.2) is 0 Å². The molecule has 0 N–H and O–H groups in total. The van der Waals surface area contributed by atoms with E-state index in [1.807, 2.05) is 30.0 Å². The zero-order chi connectivity index (χ0) is 15.7. The van der Waals surface area contributed by atoms with Crippen LogP contribution in [0, 0.1) is 0 Å². The van der Waals surface area contributed by atoms with E-state index in [4.69, 9.17) is 14.2 Å². The number of ether oxygens (including phenoxy) is 3. The molecule has 1 aromatic carbocycles. The SMILES string of the molecule is COCC1(COC)CCN1C(=O)c1cccc2c1OC(C)C2. The lowest BCUT2D eigenvalue weighted by molar-refractivity contribution is -0.0816. The van der Waals surface area contributed by atoms with Gasteiger partial charge in [0.25, 0.3) is 5.91 Å². The first-order chi connectivity index (χ1) is 10.6. The van der Waals surface area contributed by atoms with Gasteiger partial charge in [-0.15, -0.1) is 0 Å². The fourth-order valence-corrected chi connectivity index (χ4v) is 3.49.